The van der Waals surface area contributed by atoms with Crippen LogP contribution in [0, 0.1) is 11.6 Å². The van der Waals surface area contributed by atoms with E-state index in [4.69, 9.17) is 12.2 Å². The number of aromatic nitrogens is 3. The maximum Gasteiger partial charge on any atom is 0.248 e. The molecule has 0 fully saturated rings. The molecule has 0 radical (unpaired) electrons. The van der Waals surface area contributed by atoms with Crippen molar-refractivity contribution in [3.63, 3.8) is 0 Å². The van der Waals surface area contributed by atoms with Crippen LogP contribution in [-0.4, -0.2) is 19.9 Å². The molecule has 0 amide bonds. The van der Waals surface area contributed by atoms with E-state index in [0.29, 0.717) is 6.54 Å². The van der Waals surface area contributed by atoms with Crippen molar-refractivity contribution >= 4 is 29.0 Å². The van der Waals surface area contributed by atoms with E-state index in [-0.39, 0.29) is 22.6 Å². The van der Waals surface area contributed by atoms with E-state index in [9.17, 15) is 8.78 Å². The largest absolute Gasteiger partial charge is 0.330 e. The summed E-state index contributed by atoms with van der Waals surface area (Å²) in [4.78, 5) is 4.06. The first kappa shape index (κ1) is 16.0. The van der Waals surface area contributed by atoms with Gasteiger partial charge in [-0.3, -0.25) is 5.32 Å². The molecular formula is C16H13F2N5S. The van der Waals surface area contributed by atoms with Crippen LogP contribution in [0.15, 0.2) is 54.9 Å². The lowest BCUT2D eigenvalue weighted by molar-refractivity contribution is 0.619. The molecule has 0 bridgehead atoms. The summed E-state index contributed by atoms with van der Waals surface area (Å²) in [6.45, 7) is 0.375. The van der Waals surface area contributed by atoms with Crippen molar-refractivity contribution < 1.29 is 8.78 Å². The summed E-state index contributed by atoms with van der Waals surface area (Å²) in [5.41, 5.74) is 1.02. The zero-order chi connectivity index (χ0) is 16.9. The topological polar surface area (TPSA) is 54.8 Å². The molecule has 0 saturated heterocycles. The molecule has 8 heteroatoms. The predicted octanol–water partition coefficient (Wildman–Crippen LogP) is 3.41. The zero-order valence-corrected chi connectivity index (χ0v) is 13.2. The Morgan fingerprint density at radius 3 is 2.71 bits per heavy atom. The average molecular weight is 345 g/mol. The maximum atomic E-state index is 13.6. The molecule has 0 aliphatic heterocycles. The molecule has 0 aliphatic rings. The van der Waals surface area contributed by atoms with Gasteiger partial charge in [0.2, 0.25) is 5.95 Å². The third-order valence-corrected chi connectivity index (χ3v) is 3.32. The summed E-state index contributed by atoms with van der Waals surface area (Å²) in [6.07, 6.45) is 1.50. The number of thiocarbonyl (C=S) groups is 1. The molecule has 0 atom stereocenters. The van der Waals surface area contributed by atoms with Crippen LogP contribution in [0.1, 0.15) is 5.56 Å². The Labute approximate surface area is 142 Å². The minimum absolute atomic E-state index is 0.170. The highest BCUT2D eigenvalue weighted by Crippen LogP contribution is 2.13. The molecule has 2 N–H and O–H groups in total. The Balaban J connectivity index is 1.61. The fourth-order valence-corrected chi connectivity index (χ4v) is 2.27. The van der Waals surface area contributed by atoms with Gasteiger partial charge in [-0.15, -0.1) is 5.10 Å². The SMILES string of the molecule is Fc1cccc(Cn2cnc(NC(=S)Nc3ccccc3F)n2)c1. The quantitative estimate of drug-likeness (QED) is 0.710. The summed E-state index contributed by atoms with van der Waals surface area (Å²) in [6, 6.07) is 12.4. The first-order valence-corrected chi connectivity index (χ1v) is 7.47. The van der Waals surface area contributed by atoms with Gasteiger partial charge < -0.3 is 5.32 Å². The summed E-state index contributed by atoms with van der Waals surface area (Å²) in [7, 11) is 0. The number of hydrogen-bond donors (Lipinski definition) is 2. The van der Waals surface area contributed by atoms with Crippen LogP contribution in [0.2, 0.25) is 0 Å². The number of anilines is 2. The third kappa shape index (κ3) is 4.11. The van der Waals surface area contributed by atoms with Crippen molar-refractivity contribution in [2.45, 2.75) is 6.54 Å². The summed E-state index contributed by atoms with van der Waals surface area (Å²) in [5, 5.41) is 9.86. The van der Waals surface area contributed by atoms with Crippen molar-refractivity contribution in [1.29, 1.82) is 0 Å². The molecule has 0 aliphatic carbocycles. The van der Waals surface area contributed by atoms with Gasteiger partial charge in [-0.25, -0.2) is 18.4 Å². The standard InChI is InChI=1S/C16H13F2N5S/c17-12-5-3-4-11(8-12)9-23-10-19-15(22-23)21-16(24)20-14-7-2-1-6-13(14)18/h1-8,10H,9H2,(H2,20,21,22,24). The van der Waals surface area contributed by atoms with E-state index < -0.39 is 5.82 Å². The normalized spacial score (nSPS) is 10.4. The first-order chi connectivity index (χ1) is 11.6. The summed E-state index contributed by atoms with van der Waals surface area (Å²) in [5.74, 6) is -0.451. The van der Waals surface area contributed by atoms with Gasteiger partial charge in [0.15, 0.2) is 5.11 Å². The molecule has 0 saturated carbocycles. The number of nitrogens with one attached hydrogen (secondary N) is 2. The van der Waals surface area contributed by atoms with E-state index in [1.807, 2.05) is 0 Å². The molecular weight excluding hydrogens is 332 g/mol. The Kier molecular flexibility index (Phi) is 4.76. The van der Waals surface area contributed by atoms with E-state index in [2.05, 4.69) is 20.7 Å². The number of nitrogens with zero attached hydrogens (tertiary/aromatic N) is 3. The van der Waals surface area contributed by atoms with Crippen LogP contribution in [0.25, 0.3) is 0 Å². The van der Waals surface area contributed by atoms with Crippen LogP contribution < -0.4 is 10.6 Å². The van der Waals surface area contributed by atoms with Crippen LogP contribution in [0.5, 0.6) is 0 Å². The fraction of sp³-hybridized carbons (Fsp3) is 0.0625. The zero-order valence-electron chi connectivity index (χ0n) is 12.4. The molecule has 0 unspecified atom stereocenters. The predicted molar refractivity (Wildman–Crippen MR) is 91.8 cm³/mol. The van der Waals surface area contributed by atoms with Gasteiger partial charge in [0, 0.05) is 0 Å². The first-order valence-electron chi connectivity index (χ1n) is 7.06. The number of para-hydroxylation sites is 1. The lowest BCUT2D eigenvalue weighted by Crippen LogP contribution is -2.20. The minimum atomic E-state index is -0.411. The molecule has 2 aromatic carbocycles. The van der Waals surface area contributed by atoms with Crippen LogP contribution >= 0.6 is 12.2 Å². The third-order valence-electron chi connectivity index (χ3n) is 3.12. The van der Waals surface area contributed by atoms with E-state index in [0.717, 1.165) is 5.56 Å². The van der Waals surface area contributed by atoms with Crippen molar-refractivity contribution in [3.05, 3.63) is 72.1 Å². The minimum Gasteiger partial charge on any atom is -0.330 e. The highest BCUT2D eigenvalue weighted by atomic mass is 32.1. The Bertz CT molecular complexity index is 865. The Morgan fingerprint density at radius 1 is 1.08 bits per heavy atom. The second kappa shape index (κ2) is 7.14. The highest BCUT2D eigenvalue weighted by molar-refractivity contribution is 7.80. The van der Waals surface area contributed by atoms with Gasteiger partial charge in [0.1, 0.15) is 18.0 Å². The van der Waals surface area contributed by atoms with E-state index in [1.165, 1.54) is 24.5 Å². The molecule has 3 rings (SSSR count). The van der Waals surface area contributed by atoms with E-state index in [1.54, 1.807) is 35.0 Å². The monoisotopic (exact) mass is 345 g/mol. The summed E-state index contributed by atoms with van der Waals surface area (Å²) >= 11 is 5.11. The molecule has 122 valence electrons. The van der Waals surface area contributed by atoms with Gasteiger partial charge in [-0.2, -0.15) is 0 Å². The van der Waals surface area contributed by atoms with E-state index >= 15 is 0 Å². The van der Waals surface area contributed by atoms with Crippen LogP contribution in [0.3, 0.4) is 0 Å². The molecule has 0 spiro atoms. The second-order valence-corrected chi connectivity index (χ2v) is 5.36. The van der Waals surface area contributed by atoms with Crippen molar-refractivity contribution in [2.75, 3.05) is 10.6 Å². The lowest BCUT2D eigenvalue weighted by atomic mass is 10.2. The Morgan fingerprint density at radius 2 is 1.92 bits per heavy atom. The Hall–Kier alpha value is -2.87. The van der Waals surface area contributed by atoms with Gasteiger partial charge in [-0.05, 0) is 42.0 Å². The summed E-state index contributed by atoms with van der Waals surface area (Å²) < 4.78 is 28.3. The molecule has 5 nitrogen and oxygen atoms in total. The molecule has 24 heavy (non-hydrogen) atoms. The van der Waals surface area contributed by atoms with Crippen LogP contribution in [-0.2, 0) is 6.54 Å². The van der Waals surface area contributed by atoms with Gasteiger partial charge >= 0.3 is 0 Å². The van der Waals surface area contributed by atoms with Gasteiger partial charge in [0.05, 0.1) is 12.2 Å². The number of hydrogen-bond acceptors (Lipinski definition) is 3. The lowest BCUT2D eigenvalue weighted by Gasteiger charge is -2.08. The number of rotatable bonds is 4. The van der Waals surface area contributed by atoms with Crippen LogP contribution in [0.4, 0.5) is 20.4 Å². The second-order valence-electron chi connectivity index (χ2n) is 4.95. The smallest absolute Gasteiger partial charge is 0.248 e. The maximum absolute atomic E-state index is 13.6. The number of benzene rings is 2. The highest BCUT2D eigenvalue weighted by Gasteiger charge is 2.07. The average Bonchev–Trinajstić information content (AvgIpc) is 2.96. The molecule has 1 heterocycles. The number of halogens is 2. The van der Waals surface area contributed by atoms with Crippen molar-refractivity contribution in [1.82, 2.24) is 14.8 Å². The van der Waals surface area contributed by atoms with Gasteiger partial charge in [-0.1, -0.05) is 24.3 Å². The molecule has 3 aromatic rings. The van der Waals surface area contributed by atoms with Crippen molar-refractivity contribution in [3.8, 4) is 0 Å². The molecule has 1 aromatic heterocycles. The van der Waals surface area contributed by atoms with Crippen molar-refractivity contribution in [2.24, 2.45) is 0 Å². The van der Waals surface area contributed by atoms with Gasteiger partial charge in [0.25, 0.3) is 0 Å². The fourth-order valence-electron chi connectivity index (χ4n) is 2.07.